The summed E-state index contributed by atoms with van der Waals surface area (Å²) in [6.45, 7) is 6.39. The van der Waals surface area contributed by atoms with Gasteiger partial charge in [-0.3, -0.25) is 4.98 Å². The average Bonchev–Trinajstić information content (AvgIpc) is 2.27. The van der Waals surface area contributed by atoms with Gasteiger partial charge in [0.15, 0.2) is 0 Å². The van der Waals surface area contributed by atoms with Crippen molar-refractivity contribution in [1.82, 2.24) is 4.98 Å². The fourth-order valence-corrected chi connectivity index (χ4v) is 1.33. The molecule has 0 unspecified atom stereocenters. The van der Waals surface area contributed by atoms with Crippen molar-refractivity contribution in [2.24, 2.45) is 5.73 Å². The van der Waals surface area contributed by atoms with Crippen LogP contribution in [0.3, 0.4) is 0 Å². The van der Waals surface area contributed by atoms with Crippen molar-refractivity contribution < 1.29 is 0 Å². The van der Waals surface area contributed by atoms with Crippen molar-refractivity contribution in [1.29, 1.82) is 0 Å². The highest BCUT2D eigenvalue weighted by molar-refractivity contribution is 5.44. The normalized spacial score (nSPS) is 12.9. The Labute approximate surface area is 92.3 Å². The summed E-state index contributed by atoms with van der Waals surface area (Å²) in [5.41, 5.74) is 8.01. The molecule has 0 aliphatic rings. The van der Waals surface area contributed by atoms with Gasteiger partial charge < -0.3 is 10.6 Å². The third kappa shape index (κ3) is 2.93. The summed E-state index contributed by atoms with van der Waals surface area (Å²) in [7, 11) is 2.07. The Hall–Kier alpha value is -1.09. The van der Waals surface area contributed by atoms with Crippen molar-refractivity contribution in [3.63, 3.8) is 0 Å². The van der Waals surface area contributed by atoms with Gasteiger partial charge in [0.1, 0.15) is 0 Å². The van der Waals surface area contributed by atoms with Gasteiger partial charge in [0, 0.05) is 19.1 Å². The van der Waals surface area contributed by atoms with Crippen LogP contribution in [0.1, 0.15) is 38.9 Å². The highest BCUT2D eigenvalue weighted by atomic mass is 15.1. The Morgan fingerprint density at radius 1 is 1.40 bits per heavy atom. The standard InChI is InChI=1S/C12H21N3/c1-5-11(13)12-7-6-10(8-14-12)15(4)9(2)3/h6-9,11H,5,13H2,1-4H3/t11-/m1/s1. The van der Waals surface area contributed by atoms with E-state index in [1.165, 1.54) is 0 Å². The molecule has 1 aromatic rings. The molecule has 0 radical (unpaired) electrons. The lowest BCUT2D eigenvalue weighted by Crippen LogP contribution is -2.25. The molecule has 2 N–H and O–H groups in total. The van der Waals surface area contributed by atoms with Crippen LogP contribution >= 0.6 is 0 Å². The lowest BCUT2D eigenvalue weighted by molar-refractivity contribution is 0.674. The summed E-state index contributed by atoms with van der Waals surface area (Å²) in [4.78, 5) is 6.57. The molecule has 1 heterocycles. The van der Waals surface area contributed by atoms with E-state index in [0.717, 1.165) is 17.8 Å². The molecule has 3 heteroatoms. The van der Waals surface area contributed by atoms with E-state index in [1.807, 2.05) is 12.3 Å². The Balaban J connectivity index is 2.80. The van der Waals surface area contributed by atoms with Crippen LogP contribution in [0.25, 0.3) is 0 Å². The molecule has 0 amide bonds. The first-order valence-electron chi connectivity index (χ1n) is 5.50. The van der Waals surface area contributed by atoms with E-state index in [9.17, 15) is 0 Å². The number of aromatic nitrogens is 1. The average molecular weight is 207 g/mol. The maximum absolute atomic E-state index is 5.90. The second kappa shape index (κ2) is 5.12. The number of hydrogen-bond acceptors (Lipinski definition) is 3. The zero-order valence-electron chi connectivity index (χ0n) is 10.1. The van der Waals surface area contributed by atoms with Gasteiger partial charge in [-0.2, -0.15) is 0 Å². The fraction of sp³-hybridized carbons (Fsp3) is 0.583. The molecule has 15 heavy (non-hydrogen) atoms. The van der Waals surface area contributed by atoms with E-state index in [2.05, 4.69) is 43.8 Å². The molecule has 84 valence electrons. The Bertz CT molecular complexity index is 292. The molecule has 3 nitrogen and oxygen atoms in total. The first kappa shape index (κ1) is 12.0. The maximum Gasteiger partial charge on any atom is 0.0572 e. The molecule has 0 saturated carbocycles. The predicted molar refractivity (Wildman–Crippen MR) is 65.0 cm³/mol. The van der Waals surface area contributed by atoms with E-state index in [-0.39, 0.29) is 6.04 Å². The molecule has 0 aliphatic heterocycles. The highest BCUT2D eigenvalue weighted by Gasteiger charge is 2.07. The lowest BCUT2D eigenvalue weighted by atomic mass is 10.1. The molecule has 0 saturated heterocycles. The Morgan fingerprint density at radius 3 is 2.47 bits per heavy atom. The van der Waals surface area contributed by atoms with E-state index in [1.54, 1.807) is 0 Å². The number of pyridine rings is 1. The second-order valence-electron chi connectivity index (χ2n) is 4.16. The largest absolute Gasteiger partial charge is 0.371 e. The zero-order valence-corrected chi connectivity index (χ0v) is 10.1. The molecule has 0 fully saturated rings. The number of nitrogens with zero attached hydrogens (tertiary/aromatic N) is 2. The van der Waals surface area contributed by atoms with Crippen LogP contribution in [0.2, 0.25) is 0 Å². The molecule has 1 rings (SSSR count). The number of rotatable bonds is 4. The van der Waals surface area contributed by atoms with Crippen molar-refractivity contribution in [2.75, 3.05) is 11.9 Å². The van der Waals surface area contributed by atoms with Crippen LogP contribution in [0, 0.1) is 0 Å². The first-order chi connectivity index (χ1) is 7.06. The number of hydrogen-bond donors (Lipinski definition) is 1. The fourth-order valence-electron chi connectivity index (χ4n) is 1.33. The zero-order chi connectivity index (χ0) is 11.4. The summed E-state index contributed by atoms with van der Waals surface area (Å²) >= 11 is 0. The maximum atomic E-state index is 5.90. The number of anilines is 1. The minimum atomic E-state index is 0.0587. The monoisotopic (exact) mass is 207 g/mol. The quantitative estimate of drug-likeness (QED) is 0.824. The van der Waals surface area contributed by atoms with Crippen LogP contribution in [-0.4, -0.2) is 18.1 Å². The van der Waals surface area contributed by atoms with Gasteiger partial charge in [0.2, 0.25) is 0 Å². The van der Waals surface area contributed by atoms with Crippen molar-refractivity contribution >= 4 is 5.69 Å². The van der Waals surface area contributed by atoms with Gasteiger partial charge in [-0.25, -0.2) is 0 Å². The SMILES string of the molecule is CC[C@@H](N)c1ccc(N(C)C(C)C)cn1. The summed E-state index contributed by atoms with van der Waals surface area (Å²) in [6, 6.07) is 4.64. The molecule has 0 aromatic carbocycles. The van der Waals surface area contributed by atoms with Crippen molar-refractivity contribution in [2.45, 2.75) is 39.3 Å². The van der Waals surface area contributed by atoms with Gasteiger partial charge in [-0.05, 0) is 32.4 Å². The van der Waals surface area contributed by atoms with Crippen molar-refractivity contribution in [3.8, 4) is 0 Å². The van der Waals surface area contributed by atoms with Gasteiger partial charge in [0.05, 0.1) is 17.6 Å². The molecule has 0 bridgehead atoms. The van der Waals surface area contributed by atoms with Gasteiger partial charge in [-0.15, -0.1) is 0 Å². The minimum Gasteiger partial charge on any atom is -0.371 e. The van der Waals surface area contributed by atoms with E-state index >= 15 is 0 Å². The molecule has 1 aromatic heterocycles. The Morgan fingerprint density at radius 2 is 2.07 bits per heavy atom. The Kier molecular flexibility index (Phi) is 4.09. The third-order valence-electron chi connectivity index (χ3n) is 2.77. The smallest absolute Gasteiger partial charge is 0.0572 e. The second-order valence-corrected chi connectivity index (χ2v) is 4.16. The van der Waals surface area contributed by atoms with E-state index in [0.29, 0.717) is 6.04 Å². The van der Waals surface area contributed by atoms with E-state index in [4.69, 9.17) is 5.73 Å². The van der Waals surface area contributed by atoms with Gasteiger partial charge >= 0.3 is 0 Å². The molecular weight excluding hydrogens is 186 g/mol. The molecule has 1 atom stereocenters. The van der Waals surface area contributed by atoms with Crippen molar-refractivity contribution in [3.05, 3.63) is 24.0 Å². The van der Waals surface area contributed by atoms with Crippen LogP contribution in [0.4, 0.5) is 5.69 Å². The minimum absolute atomic E-state index is 0.0587. The molecular formula is C12H21N3. The lowest BCUT2D eigenvalue weighted by Gasteiger charge is -2.23. The van der Waals surface area contributed by atoms with Crippen LogP contribution in [0.15, 0.2) is 18.3 Å². The number of nitrogens with two attached hydrogens (primary N) is 1. The first-order valence-corrected chi connectivity index (χ1v) is 5.50. The summed E-state index contributed by atoms with van der Waals surface area (Å²) < 4.78 is 0. The van der Waals surface area contributed by atoms with E-state index < -0.39 is 0 Å². The van der Waals surface area contributed by atoms with Crippen LogP contribution in [0.5, 0.6) is 0 Å². The molecule has 0 aliphatic carbocycles. The van der Waals surface area contributed by atoms with Crippen LogP contribution < -0.4 is 10.6 Å². The summed E-state index contributed by atoms with van der Waals surface area (Å²) in [6.07, 6.45) is 2.82. The highest BCUT2D eigenvalue weighted by Crippen LogP contribution is 2.17. The predicted octanol–water partition coefficient (Wildman–Crippen LogP) is 2.34. The van der Waals surface area contributed by atoms with Crippen LogP contribution in [-0.2, 0) is 0 Å². The summed E-state index contributed by atoms with van der Waals surface area (Å²) in [5.74, 6) is 0. The third-order valence-corrected chi connectivity index (χ3v) is 2.77. The topological polar surface area (TPSA) is 42.1 Å². The molecule has 0 spiro atoms. The van der Waals surface area contributed by atoms with Gasteiger partial charge in [0.25, 0.3) is 0 Å². The summed E-state index contributed by atoms with van der Waals surface area (Å²) in [5, 5.41) is 0. The van der Waals surface area contributed by atoms with Gasteiger partial charge in [-0.1, -0.05) is 6.92 Å².